The van der Waals surface area contributed by atoms with Crippen molar-refractivity contribution in [2.75, 3.05) is 6.61 Å². The first-order valence-corrected chi connectivity index (χ1v) is 8.88. The van der Waals surface area contributed by atoms with Gasteiger partial charge in [-0.05, 0) is 50.1 Å². The lowest BCUT2D eigenvalue weighted by Crippen LogP contribution is -2.37. The number of hydrogen-bond donors (Lipinski definition) is 0. The minimum atomic E-state index is -0.599. The molecule has 1 aromatic rings. The van der Waals surface area contributed by atoms with Crippen LogP contribution >= 0.6 is 11.6 Å². The monoisotopic (exact) mass is 287 g/mol. The Kier molecular flexibility index (Phi) is 4.64. The number of ether oxygens (including phenoxy) is 1. The Morgan fingerprint density at radius 2 is 2.11 bits per heavy atom. The number of benzene rings is 1. The molecule has 99 valence electrons. The van der Waals surface area contributed by atoms with Crippen LogP contribution in [0.1, 0.15) is 12.8 Å². The molecule has 5 heteroatoms. The van der Waals surface area contributed by atoms with Crippen LogP contribution < -0.4 is 4.74 Å². The van der Waals surface area contributed by atoms with Crippen molar-refractivity contribution in [1.29, 1.82) is 0 Å². The van der Waals surface area contributed by atoms with Crippen LogP contribution in [0.15, 0.2) is 18.2 Å². The summed E-state index contributed by atoms with van der Waals surface area (Å²) in [6, 6.07) is 4.20. The molecule has 1 aliphatic carbocycles. The maximum absolute atomic E-state index is 12.8. The third kappa shape index (κ3) is 3.70. The SMILES string of the molecule is C[Si](C)OC1CC(COc2ccc(F)cc2Cl)C1. The number of hydrogen-bond acceptors (Lipinski definition) is 2. The summed E-state index contributed by atoms with van der Waals surface area (Å²) in [4.78, 5) is 0. The molecule has 0 atom stereocenters. The van der Waals surface area contributed by atoms with Crippen LogP contribution in [0.2, 0.25) is 18.1 Å². The van der Waals surface area contributed by atoms with E-state index in [1.807, 2.05) is 0 Å². The van der Waals surface area contributed by atoms with Crippen LogP contribution in [-0.2, 0) is 4.43 Å². The lowest BCUT2D eigenvalue weighted by molar-refractivity contribution is 0.0379. The molecule has 2 nitrogen and oxygen atoms in total. The van der Waals surface area contributed by atoms with Crippen LogP contribution in [0.5, 0.6) is 5.75 Å². The van der Waals surface area contributed by atoms with Gasteiger partial charge in [0.15, 0.2) is 0 Å². The quantitative estimate of drug-likeness (QED) is 0.765. The summed E-state index contributed by atoms with van der Waals surface area (Å²) in [5.74, 6) is 0.737. The van der Waals surface area contributed by atoms with Gasteiger partial charge in [0.2, 0.25) is 9.04 Å². The lowest BCUT2D eigenvalue weighted by atomic mass is 9.83. The molecule has 2 rings (SSSR count). The highest BCUT2D eigenvalue weighted by Gasteiger charge is 2.31. The summed E-state index contributed by atoms with van der Waals surface area (Å²) in [6.45, 7) is 4.92. The van der Waals surface area contributed by atoms with Gasteiger partial charge in [0.25, 0.3) is 0 Å². The van der Waals surface area contributed by atoms with Crippen molar-refractivity contribution in [1.82, 2.24) is 0 Å². The molecule has 18 heavy (non-hydrogen) atoms. The van der Waals surface area contributed by atoms with Crippen LogP contribution in [0.25, 0.3) is 0 Å². The van der Waals surface area contributed by atoms with Gasteiger partial charge in [0.05, 0.1) is 11.6 Å². The summed E-state index contributed by atoms with van der Waals surface area (Å²) < 4.78 is 24.2. The Hall–Kier alpha value is -0.583. The summed E-state index contributed by atoms with van der Waals surface area (Å²) in [6.07, 6.45) is 2.51. The fourth-order valence-corrected chi connectivity index (χ4v) is 3.12. The fraction of sp³-hybridized carbons (Fsp3) is 0.538. The molecule has 0 heterocycles. The second-order valence-electron chi connectivity index (χ2n) is 4.87. The molecule has 0 aliphatic heterocycles. The van der Waals surface area contributed by atoms with Gasteiger partial charge in [-0.1, -0.05) is 11.6 Å². The molecule has 0 aromatic heterocycles. The van der Waals surface area contributed by atoms with Crippen molar-refractivity contribution in [3.05, 3.63) is 29.0 Å². The van der Waals surface area contributed by atoms with Crippen LogP contribution in [-0.4, -0.2) is 21.8 Å². The average Bonchev–Trinajstić information content (AvgIpc) is 2.23. The van der Waals surface area contributed by atoms with E-state index >= 15 is 0 Å². The van der Waals surface area contributed by atoms with E-state index in [2.05, 4.69) is 13.1 Å². The molecule has 0 amide bonds. The lowest BCUT2D eigenvalue weighted by Gasteiger charge is -2.36. The van der Waals surface area contributed by atoms with Gasteiger partial charge in [-0.15, -0.1) is 0 Å². The summed E-state index contributed by atoms with van der Waals surface area (Å²) in [7, 11) is -0.599. The van der Waals surface area contributed by atoms with E-state index in [-0.39, 0.29) is 5.82 Å². The van der Waals surface area contributed by atoms with E-state index in [1.54, 1.807) is 6.07 Å². The van der Waals surface area contributed by atoms with Gasteiger partial charge < -0.3 is 9.16 Å². The highest BCUT2D eigenvalue weighted by atomic mass is 35.5. The highest BCUT2D eigenvalue weighted by Crippen LogP contribution is 2.32. The zero-order valence-electron chi connectivity index (χ0n) is 10.6. The first-order valence-electron chi connectivity index (χ1n) is 6.09. The van der Waals surface area contributed by atoms with Crippen LogP contribution in [0.3, 0.4) is 0 Å². The van der Waals surface area contributed by atoms with Gasteiger partial charge in [-0.2, -0.15) is 0 Å². The largest absolute Gasteiger partial charge is 0.492 e. The Morgan fingerprint density at radius 1 is 1.39 bits per heavy atom. The molecule has 0 saturated heterocycles. The van der Waals surface area contributed by atoms with Crippen molar-refractivity contribution in [3.8, 4) is 5.75 Å². The molecule has 0 spiro atoms. The zero-order valence-corrected chi connectivity index (χ0v) is 12.3. The van der Waals surface area contributed by atoms with E-state index in [4.69, 9.17) is 20.8 Å². The molecule has 0 N–H and O–H groups in total. The minimum Gasteiger partial charge on any atom is -0.492 e. The van der Waals surface area contributed by atoms with Crippen molar-refractivity contribution in [2.24, 2.45) is 5.92 Å². The van der Waals surface area contributed by atoms with Gasteiger partial charge in [-0.3, -0.25) is 0 Å². The van der Waals surface area contributed by atoms with Gasteiger partial charge >= 0.3 is 0 Å². The number of rotatable bonds is 5. The summed E-state index contributed by atoms with van der Waals surface area (Å²) >= 11 is 5.89. The third-order valence-corrected chi connectivity index (χ3v) is 4.06. The minimum absolute atomic E-state index is 0.328. The standard InChI is InChI=1S/C13H17ClFO2Si/c1-18(2)17-11-5-9(6-11)8-16-13-4-3-10(15)7-12(13)14/h3-4,7,9,11H,5-6,8H2,1-2H3. The van der Waals surface area contributed by atoms with E-state index < -0.39 is 9.04 Å². The predicted octanol–water partition coefficient (Wildman–Crippen LogP) is 3.90. The topological polar surface area (TPSA) is 18.5 Å². The van der Waals surface area contributed by atoms with Gasteiger partial charge in [0, 0.05) is 6.10 Å². The van der Waals surface area contributed by atoms with E-state index in [9.17, 15) is 4.39 Å². The molecule has 1 radical (unpaired) electrons. The summed E-state index contributed by atoms with van der Waals surface area (Å²) in [5.41, 5.74) is 0. The van der Waals surface area contributed by atoms with E-state index in [0.717, 1.165) is 12.8 Å². The Labute approximate surface area is 114 Å². The predicted molar refractivity (Wildman–Crippen MR) is 72.0 cm³/mol. The molecular formula is C13H17ClFO2Si. The van der Waals surface area contributed by atoms with Crippen molar-refractivity contribution < 1.29 is 13.6 Å². The molecule has 0 bridgehead atoms. The normalized spacial score (nSPS) is 22.9. The molecule has 1 saturated carbocycles. The first kappa shape index (κ1) is 13.8. The van der Waals surface area contributed by atoms with Crippen molar-refractivity contribution >= 4 is 20.6 Å². The second kappa shape index (κ2) is 6.04. The second-order valence-corrected chi connectivity index (χ2v) is 7.33. The van der Waals surface area contributed by atoms with Crippen molar-refractivity contribution in [2.45, 2.75) is 32.0 Å². The molecule has 1 aromatic carbocycles. The maximum Gasteiger partial charge on any atom is 0.205 e. The Bertz CT molecular complexity index is 408. The van der Waals surface area contributed by atoms with Gasteiger partial charge in [-0.25, -0.2) is 4.39 Å². The maximum atomic E-state index is 12.8. The Balaban J connectivity index is 1.73. The third-order valence-electron chi connectivity index (χ3n) is 2.96. The summed E-state index contributed by atoms with van der Waals surface area (Å²) in [5, 5.41) is 0.328. The van der Waals surface area contributed by atoms with Gasteiger partial charge in [0.1, 0.15) is 11.6 Å². The molecule has 1 fully saturated rings. The van der Waals surface area contributed by atoms with Crippen molar-refractivity contribution in [3.63, 3.8) is 0 Å². The average molecular weight is 288 g/mol. The van der Waals surface area contributed by atoms with E-state index in [0.29, 0.717) is 29.4 Å². The zero-order chi connectivity index (χ0) is 13.1. The van der Waals surface area contributed by atoms with E-state index in [1.165, 1.54) is 12.1 Å². The Morgan fingerprint density at radius 3 is 2.72 bits per heavy atom. The van der Waals surface area contributed by atoms with Crippen LogP contribution in [0.4, 0.5) is 4.39 Å². The number of halogens is 2. The molecule has 1 aliphatic rings. The smallest absolute Gasteiger partial charge is 0.205 e. The first-order chi connectivity index (χ1) is 8.54. The molecule has 0 unspecified atom stereocenters. The highest BCUT2D eigenvalue weighted by molar-refractivity contribution is 6.48. The van der Waals surface area contributed by atoms with Crippen LogP contribution in [0, 0.1) is 11.7 Å². The fourth-order valence-electron chi connectivity index (χ4n) is 2.04. The molecular weight excluding hydrogens is 271 g/mol.